The van der Waals surface area contributed by atoms with Crippen LogP contribution in [0, 0.1) is 0 Å². The van der Waals surface area contributed by atoms with Gasteiger partial charge in [-0.05, 0) is 47.0 Å². The maximum absolute atomic E-state index is 12.7. The second-order valence-corrected chi connectivity index (χ2v) is 8.85. The Morgan fingerprint density at radius 2 is 1.81 bits per heavy atom. The molecule has 3 aromatic carbocycles. The Hall–Kier alpha value is -2.96. The molecule has 0 N–H and O–H groups in total. The predicted octanol–water partition coefficient (Wildman–Crippen LogP) is 6.06. The van der Waals surface area contributed by atoms with Gasteiger partial charge in [-0.3, -0.25) is 9.69 Å². The summed E-state index contributed by atoms with van der Waals surface area (Å²) in [7, 11) is 0. The third kappa shape index (κ3) is 4.70. The van der Waals surface area contributed by atoms with Crippen molar-refractivity contribution < 1.29 is 14.3 Å². The van der Waals surface area contributed by atoms with Crippen LogP contribution in [0.5, 0.6) is 5.75 Å². The molecule has 0 unspecified atom stereocenters. The maximum Gasteiger partial charge on any atom is 0.344 e. The summed E-state index contributed by atoms with van der Waals surface area (Å²) < 4.78 is 6.17. The molecule has 0 saturated carbocycles. The summed E-state index contributed by atoms with van der Waals surface area (Å²) in [6.45, 7) is 2.74. The fourth-order valence-electron chi connectivity index (χ4n) is 3.36. The number of carbonyl (C=O) groups excluding carboxylic acids is 2. The average molecular weight is 448 g/mol. The number of hydrogen-bond acceptors (Lipinski definition) is 5. The van der Waals surface area contributed by atoms with E-state index in [1.54, 1.807) is 23.1 Å². The third-order valence-electron chi connectivity index (χ3n) is 5.01. The number of fused-ring (bicyclic) bond motifs is 1. The van der Waals surface area contributed by atoms with Crippen LogP contribution in [0.4, 0.5) is 0 Å². The molecule has 1 fully saturated rings. The molecule has 1 heterocycles. The van der Waals surface area contributed by atoms with Gasteiger partial charge in [0.05, 0.1) is 10.5 Å². The number of thiocarbonyl (C=S) groups is 1. The number of nitrogens with zero attached hydrogens (tertiary/aromatic N) is 1. The minimum Gasteiger partial charge on any atom is -0.423 e. The van der Waals surface area contributed by atoms with Gasteiger partial charge in [-0.15, -0.1) is 0 Å². The molecule has 156 valence electrons. The number of hydrogen-bond donors (Lipinski definition) is 0. The van der Waals surface area contributed by atoms with E-state index in [-0.39, 0.29) is 5.91 Å². The molecule has 1 aliphatic rings. The lowest BCUT2D eigenvalue weighted by Crippen LogP contribution is -2.28. The fraction of sp³-hybridized carbons (Fsp3) is 0.160. The van der Waals surface area contributed by atoms with Crippen molar-refractivity contribution >= 4 is 57.0 Å². The Balaban J connectivity index is 1.47. The van der Waals surface area contributed by atoms with Crippen LogP contribution in [0.3, 0.4) is 0 Å². The summed E-state index contributed by atoms with van der Waals surface area (Å²) in [6.07, 6.45) is 3.76. The van der Waals surface area contributed by atoms with Gasteiger partial charge in [0.15, 0.2) is 0 Å². The number of carbonyl (C=O) groups is 2. The van der Waals surface area contributed by atoms with Crippen molar-refractivity contribution in [2.24, 2.45) is 0 Å². The number of rotatable bonds is 6. The zero-order chi connectivity index (χ0) is 21.8. The molecule has 4 nitrogen and oxygen atoms in total. The summed E-state index contributed by atoms with van der Waals surface area (Å²) in [6, 6.07) is 20.4. The van der Waals surface area contributed by atoms with Gasteiger partial charge in [0.2, 0.25) is 0 Å². The number of benzene rings is 3. The van der Waals surface area contributed by atoms with E-state index in [4.69, 9.17) is 17.0 Å². The molecule has 0 atom stereocenters. The van der Waals surface area contributed by atoms with Gasteiger partial charge in [-0.25, -0.2) is 4.79 Å². The molecule has 0 bridgehead atoms. The molecule has 3 aromatic rings. The van der Waals surface area contributed by atoms with Crippen molar-refractivity contribution in [3.8, 4) is 5.75 Å². The molecule has 0 radical (unpaired) electrons. The SMILES string of the molecule is CCCCN1C(=O)C(=Cc2ccc(OC(=O)c3cccc4ccccc34)cc2)SC1=S. The van der Waals surface area contributed by atoms with E-state index in [2.05, 4.69) is 6.92 Å². The van der Waals surface area contributed by atoms with Gasteiger partial charge in [-0.1, -0.05) is 85.9 Å². The fourth-order valence-corrected chi connectivity index (χ4v) is 4.67. The molecule has 1 aliphatic heterocycles. The van der Waals surface area contributed by atoms with Crippen molar-refractivity contribution in [3.63, 3.8) is 0 Å². The smallest absolute Gasteiger partial charge is 0.344 e. The summed E-state index contributed by atoms with van der Waals surface area (Å²) >= 11 is 6.67. The average Bonchev–Trinajstić information content (AvgIpc) is 3.05. The van der Waals surface area contributed by atoms with Crippen LogP contribution in [-0.2, 0) is 4.79 Å². The Labute approximate surface area is 190 Å². The number of amides is 1. The number of ether oxygens (including phenoxy) is 1. The van der Waals surface area contributed by atoms with Crippen LogP contribution in [0.2, 0.25) is 0 Å². The first kappa shape index (κ1) is 21.3. The van der Waals surface area contributed by atoms with Gasteiger partial charge in [0.25, 0.3) is 5.91 Å². The normalized spacial score (nSPS) is 15.1. The molecule has 1 saturated heterocycles. The molecule has 0 spiro atoms. The van der Waals surface area contributed by atoms with E-state index in [0.29, 0.717) is 27.1 Å². The van der Waals surface area contributed by atoms with Crippen LogP contribution in [0.1, 0.15) is 35.7 Å². The summed E-state index contributed by atoms with van der Waals surface area (Å²) in [4.78, 5) is 27.5. The zero-order valence-electron chi connectivity index (χ0n) is 17.0. The monoisotopic (exact) mass is 447 g/mol. The van der Waals surface area contributed by atoms with E-state index >= 15 is 0 Å². The van der Waals surface area contributed by atoms with Crippen LogP contribution >= 0.6 is 24.0 Å². The van der Waals surface area contributed by atoms with Crippen molar-refractivity contribution in [1.29, 1.82) is 0 Å². The molecule has 4 rings (SSSR count). The highest BCUT2D eigenvalue weighted by Gasteiger charge is 2.31. The Kier molecular flexibility index (Phi) is 6.49. The largest absolute Gasteiger partial charge is 0.423 e. The van der Waals surface area contributed by atoms with E-state index in [1.165, 1.54) is 11.8 Å². The number of esters is 1. The van der Waals surface area contributed by atoms with Crippen LogP contribution in [-0.4, -0.2) is 27.6 Å². The Bertz CT molecular complexity index is 1180. The first-order chi connectivity index (χ1) is 15.1. The van der Waals surface area contributed by atoms with Crippen LogP contribution < -0.4 is 4.74 Å². The van der Waals surface area contributed by atoms with E-state index < -0.39 is 5.97 Å². The number of thioether (sulfide) groups is 1. The van der Waals surface area contributed by atoms with Crippen molar-refractivity contribution in [2.45, 2.75) is 19.8 Å². The summed E-state index contributed by atoms with van der Waals surface area (Å²) in [5, 5.41) is 1.85. The second-order valence-electron chi connectivity index (χ2n) is 7.17. The Morgan fingerprint density at radius 1 is 1.06 bits per heavy atom. The minimum atomic E-state index is -0.402. The predicted molar refractivity (Wildman–Crippen MR) is 130 cm³/mol. The van der Waals surface area contributed by atoms with Crippen LogP contribution in [0.15, 0.2) is 71.6 Å². The summed E-state index contributed by atoms with van der Waals surface area (Å²) in [5.41, 5.74) is 1.37. The lowest BCUT2D eigenvalue weighted by molar-refractivity contribution is -0.122. The zero-order valence-corrected chi connectivity index (χ0v) is 18.7. The van der Waals surface area contributed by atoms with Gasteiger partial charge >= 0.3 is 5.97 Å². The first-order valence-corrected chi connectivity index (χ1v) is 11.3. The van der Waals surface area contributed by atoms with E-state index in [0.717, 1.165) is 29.2 Å². The highest BCUT2D eigenvalue weighted by molar-refractivity contribution is 8.26. The topological polar surface area (TPSA) is 46.6 Å². The molecular formula is C25H21NO3S2. The molecule has 0 aliphatic carbocycles. The van der Waals surface area contributed by atoms with Crippen molar-refractivity contribution in [2.75, 3.05) is 6.54 Å². The molecular weight excluding hydrogens is 426 g/mol. The molecule has 6 heteroatoms. The van der Waals surface area contributed by atoms with Gasteiger partial charge in [-0.2, -0.15) is 0 Å². The second kappa shape index (κ2) is 9.45. The van der Waals surface area contributed by atoms with Gasteiger partial charge < -0.3 is 4.74 Å². The Morgan fingerprint density at radius 3 is 2.58 bits per heavy atom. The highest BCUT2D eigenvalue weighted by Crippen LogP contribution is 2.33. The van der Waals surface area contributed by atoms with E-state index in [1.807, 2.05) is 54.6 Å². The van der Waals surface area contributed by atoms with Crippen molar-refractivity contribution in [1.82, 2.24) is 4.90 Å². The van der Waals surface area contributed by atoms with Gasteiger partial charge in [0.1, 0.15) is 10.1 Å². The molecule has 1 amide bonds. The number of unbranched alkanes of at least 4 members (excludes halogenated alkanes) is 1. The lowest BCUT2D eigenvalue weighted by Gasteiger charge is -2.13. The lowest BCUT2D eigenvalue weighted by atomic mass is 10.0. The quantitative estimate of drug-likeness (QED) is 0.199. The van der Waals surface area contributed by atoms with E-state index in [9.17, 15) is 9.59 Å². The minimum absolute atomic E-state index is 0.0464. The maximum atomic E-state index is 12.7. The van der Waals surface area contributed by atoms with Gasteiger partial charge in [0, 0.05) is 6.54 Å². The molecule has 0 aromatic heterocycles. The standard InChI is InChI=1S/C25H21NO3S2/c1-2-3-15-26-23(27)22(31-25(26)30)16-17-11-13-19(14-12-17)29-24(28)21-10-6-8-18-7-4-5-9-20(18)21/h4-14,16H,2-3,15H2,1H3. The molecule has 31 heavy (non-hydrogen) atoms. The third-order valence-corrected chi connectivity index (χ3v) is 6.38. The van der Waals surface area contributed by atoms with Crippen LogP contribution in [0.25, 0.3) is 16.8 Å². The highest BCUT2D eigenvalue weighted by atomic mass is 32.2. The first-order valence-electron chi connectivity index (χ1n) is 10.1. The van der Waals surface area contributed by atoms with Crippen molar-refractivity contribution in [3.05, 3.63) is 82.8 Å². The summed E-state index contributed by atoms with van der Waals surface area (Å²) in [5.74, 6) is 0.00170.